The number of anilines is 2. The molecule has 0 aromatic heterocycles. The van der Waals surface area contributed by atoms with Crippen LogP contribution in [-0.4, -0.2) is 33.4 Å². The number of hydrogen-bond donors (Lipinski definition) is 1. The Kier molecular flexibility index (Phi) is 7.04. The van der Waals surface area contributed by atoms with Crippen LogP contribution >= 0.6 is 11.6 Å². The topological polar surface area (TPSA) is 92.8 Å². The molecule has 2 rings (SSSR count). The van der Waals surface area contributed by atoms with Gasteiger partial charge in [-0.2, -0.15) is 0 Å². The highest BCUT2D eigenvalue weighted by molar-refractivity contribution is 7.92. The summed E-state index contributed by atoms with van der Waals surface area (Å²) < 4.78 is 32.4. The van der Waals surface area contributed by atoms with Crippen LogP contribution in [0.2, 0.25) is 5.02 Å². The number of carbonyl (C=O) groups excluding carboxylic acids is 2. The third kappa shape index (κ3) is 5.24. The Bertz CT molecular complexity index is 974. The van der Waals surface area contributed by atoms with E-state index in [2.05, 4.69) is 5.32 Å². The number of carbonyl (C=O) groups is 2. The lowest BCUT2D eigenvalue weighted by Gasteiger charge is -2.25. The molecular formula is C19H21ClN2O5S. The molecule has 0 bridgehead atoms. The monoisotopic (exact) mass is 424 g/mol. The summed E-state index contributed by atoms with van der Waals surface area (Å²) in [7, 11) is -4.07. The SMILES string of the molecule is CCOC(=O)CN(c1ccc(Cl)cc1C)S(=O)(=O)c1ccc(NC(C)=O)cc1. The van der Waals surface area contributed by atoms with Gasteiger partial charge in [0, 0.05) is 17.6 Å². The van der Waals surface area contributed by atoms with E-state index in [1.807, 2.05) is 0 Å². The molecule has 7 nitrogen and oxygen atoms in total. The van der Waals surface area contributed by atoms with Crippen LogP contribution < -0.4 is 9.62 Å². The maximum absolute atomic E-state index is 13.2. The first-order chi connectivity index (χ1) is 13.1. The Labute approximate surface area is 169 Å². The van der Waals surface area contributed by atoms with Crippen molar-refractivity contribution in [2.75, 3.05) is 22.8 Å². The van der Waals surface area contributed by atoms with Crippen LogP contribution in [0.25, 0.3) is 0 Å². The zero-order chi connectivity index (χ0) is 20.9. The first-order valence-corrected chi connectivity index (χ1v) is 10.3. The first kappa shape index (κ1) is 21.7. The van der Waals surface area contributed by atoms with E-state index in [1.54, 1.807) is 32.0 Å². The normalized spacial score (nSPS) is 11.0. The second-order valence-corrected chi connectivity index (χ2v) is 8.25. The minimum atomic E-state index is -4.07. The van der Waals surface area contributed by atoms with Gasteiger partial charge in [-0.05, 0) is 61.9 Å². The van der Waals surface area contributed by atoms with Gasteiger partial charge in [-0.1, -0.05) is 11.6 Å². The molecular weight excluding hydrogens is 404 g/mol. The van der Waals surface area contributed by atoms with Crippen LogP contribution in [0.5, 0.6) is 0 Å². The van der Waals surface area contributed by atoms with Gasteiger partial charge < -0.3 is 10.1 Å². The number of aryl methyl sites for hydroxylation is 1. The van der Waals surface area contributed by atoms with E-state index in [1.165, 1.54) is 31.2 Å². The fraction of sp³-hybridized carbons (Fsp3) is 0.263. The minimum absolute atomic E-state index is 0.0275. The number of nitrogens with zero attached hydrogens (tertiary/aromatic N) is 1. The average Bonchev–Trinajstić information content (AvgIpc) is 2.60. The third-order valence-corrected chi connectivity index (χ3v) is 5.78. The van der Waals surface area contributed by atoms with Gasteiger partial charge in [0.1, 0.15) is 6.54 Å². The second kappa shape index (κ2) is 9.07. The molecule has 0 aliphatic carbocycles. The summed E-state index contributed by atoms with van der Waals surface area (Å²) in [5.74, 6) is -0.938. The highest BCUT2D eigenvalue weighted by atomic mass is 35.5. The molecule has 1 N–H and O–H groups in total. The summed E-state index contributed by atoms with van der Waals surface area (Å²) in [6, 6.07) is 10.4. The number of hydrogen-bond acceptors (Lipinski definition) is 5. The molecule has 0 spiro atoms. The largest absolute Gasteiger partial charge is 0.465 e. The smallest absolute Gasteiger partial charge is 0.326 e. The molecule has 0 radical (unpaired) electrons. The van der Waals surface area contributed by atoms with Crippen LogP contribution in [0, 0.1) is 6.92 Å². The van der Waals surface area contributed by atoms with E-state index in [-0.39, 0.29) is 17.4 Å². The molecule has 150 valence electrons. The van der Waals surface area contributed by atoms with Gasteiger partial charge >= 0.3 is 5.97 Å². The second-order valence-electron chi connectivity index (χ2n) is 5.95. The van der Waals surface area contributed by atoms with Gasteiger partial charge in [-0.3, -0.25) is 13.9 Å². The van der Waals surface area contributed by atoms with Gasteiger partial charge in [0.05, 0.1) is 17.2 Å². The molecule has 2 aromatic carbocycles. The fourth-order valence-electron chi connectivity index (χ4n) is 2.56. The van der Waals surface area contributed by atoms with E-state index >= 15 is 0 Å². The number of rotatable bonds is 7. The van der Waals surface area contributed by atoms with Crippen LogP contribution in [0.4, 0.5) is 11.4 Å². The van der Waals surface area contributed by atoms with E-state index < -0.39 is 22.5 Å². The van der Waals surface area contributed by atoms with Crippen molar-refractivity contribution in [1.82, 2.24) is 0 Å². The van der Waals surface area contributed by atoms with Crippen molar-refractivity contribution in [3.05, 3.63) is 53.1 Å². The van der Waals surface area contributed by atoms with Crippen molar-refractivity contribution in [2.45, 2.75) is 25.7 Å². The molecule has 0 aliphatic rings. The van der Waals surface area contributed by atoms with Crippen molar-refractivity contribution >= 4 is 44.9 Å². The summed E-state index contributed by atoms with van der Waals surface area (Å²) in [6.07, 6.45) is 0. The lowest BCUT2D eigenvalue weighted by molar-refractivity contribution is -0.141. The lowest BCUT2D eigenvalue weighted by atomic mass is 10.2. The zero-order valence-electron chi connectivity index (χ0n) is 15.7. The highest BCUT2D eigenvalue weighted by Gasteiger charge is 2.29. The average molecular weight is 425 g/mol. The van der Waals surface area contributed by atoms with Crippen LogP contribution in [0.3, 0.4) is 0 Å². The molecule has 9 heteroatoms. The first-order valence-electron chi connectivity index (χ1n) is 8.47. The van der Waals surface area contributed by atoms with Crippen molar-refractivity contribution < 1.29 is 22.7 Å². The summed E-state index contributed by atoms with van der Waals surface area (Å²) in [4.78, 5) is 23.2. The van der Waals surface area contributed by atoms with Gasteiger partial charge in [0.25, 0.3) is 10.0 Å². The number of benzene rings is 2. The standard InChI is InChI=1S/C19H21ClN2O5S/c1-4-27-19(24)12-22(18-10-5-15(20)11-13(18)2)28(25,26)17-8-6-16(7-9-17)21-14(3)23/h5-11H,4,12H2,1-3H3,(H,21,23). The lowest BCUT2D eigenvalue weighted by Crippen LogP contribution is -2.37. The van der Waals surface area contributed by atoms with Crippen molar-refractivity contribution in [3.63, 3.8) is 0 Å². The summed E-state index contributed by atoms with van der Waals surface area (Å²) in [5.41, 5.74) is 1.38. The minimum Gasteiger partial charge on any atom is -0.465 e. The van der Waals surface area contributed by atoms with Crippen LogP contribution in [0.15, 0.2) is 47.4 Å². The highest BCUT2D eigenvalue weighted by Crippen LogP contribution is 2.29. The maximum Gasteiger partial charge on any atom is 0.326 e. The predicted octanol–water partition coefficient (Wildman–Crippen LogP) is 3.37. The number of halogens is 1. The van der Waals surface area contributed by atoms with Crippen molar-refractivity contribution in [2.24, 2.45) is 0 Å². The molecule has 0 aliphatic heterocycles. The van der Waals surface area contributed by atoms with E-state index in [4.69, 9.17) is 16.3 Å². The van der Waals surface area contributed by atoms with Gasteiger partial charge in [0.2, 0.25) is 5.91 Å². The van der Waals surface area contributed by atoms with Crippen molar-refractivity contribution in [3.8, 4) is 0 Å². The molecule has 0 atom stereocenters. The van der Waals surface area contributed by atoms with E-state index in [0.29, 0.717) is 22.0 Å². The van der Waals surface area contributed by atoms with Crippen molar-refractivity contribution in [1.29, 1.82) is 0 Å². The molecule has 0 heterocycles. The van der Waals surface area contributed by atoms with E-state index in [9.17, 15) is 18.0 Å². The van der Waals surface area contributed by atoms with Crippen LogP contribution in [-0.2, 0) is 24.3 Å². The fourth-order valence-corrected chi connectivity index (χ4v) is 4.26. The molecule has 2 aromatic rings. The molecule has 0 fully saturated rings. The zero-order valence-corrected chi connectivity index (χ0v) is 17.3. The number of amides is 1. The molecule has 0 saturated heterocycles. The quantitative estimate of drug-likeness (QED) is 0.688. The predicted molar refractivity (Wildman–Crippen MR) is 108 cm³/mol. The Balaban J connectivity index is 2.48. The molecule has 0 unspecified atom stereocenters. The summed E-state index contributed by atoms with van der Waals surface area (Å²) in [5, 5.41) is 3.03. The number of esters is 1. The van der Waals surface area contributed by atoms with Gasteiger partial charge in [-0.25, -0.2) is 8.42 Å². The molecule has 1 amide bonds. The maximum atomic E-state index is 13.2. The Morgan fingerprint density at radius 1 is 1.14 bits per heavy atom. The Hall–Kier alpha value is -2.58. The number of sulfonamides is 1. The number of nitrogens with one attached hydrogen (secondary N) is 1. The Morgan fingerprint density at radius 3 is 2.32 bits per heavy atom. The summed E-state index contributed by atoms with van der Waals surface area (Å²) in [6.45, 7) is 4.36. The van der Waals surface area contributed by atoms with Gasteiger partial charge in [0.15, 0.2) is 0 Å². The molecule has 0 saturated carbocycles. The third-order valence-electron chi connectivity index (χ3n) is 3.77. The number of ether oxygens (including phenoxy) is 1. The Morgan fingerprint density at radius 2 is 1.79 bits per heavy atom. The summed E-state index contributed by atoms with van der Waals surface area (Å²) >= 11 is 5.97. The van der Waals surface area contributed by atoms with E-state index in [0.717, 1.165) is 4.31 Å². The van der Waals surface area contributed by atoms with Crippen LogP contribution in [0.1, 0.15) is 19.4 Å². The van der Waals surface area contributed by atoms with Gasteiger partial charge in [-0.15, -0.1) is 0 Å². The molecule has 28 heavy (non-hydrogen) atoms.